The zero-order valence-corrected chi connectivity index (χ0v) is 10.3. The number of benzene rings is 1. The normalized spacial score (nSPS) is 10.4. The highest BCUT2D eigenvalue weighted by Gasteiger charge is 2.12. The zero-order chi connectivity index (χ0) is 13.0. The molecule has 0 bridgehead atoms. The van der Waals surface area contributed by atoms with E-state index in [1.807, 2.05) is 13.8 Å². The SMILES string of the molecule is CC(C)Oc1cccc(N(C)CC(=O)O)c1N. The van der Waals surface area contributed by atoms with Crippen molar-refractivity contribution >= 4 is 17.3 Å². The number of rotatable bonds is 5. The van der Waals surface area contributed by atoms with Crippen LogP contribution in [-0.4, -0.2) is 30.8 Å². The maximum atomic E-state index is 10.6. The molecule has 0 unspecified atom stereocenters. The number of ether oxygens (including phenoxy) is 1. The number of aliphatic carboxylic acids is 1. The average Bonchev–Trinajstić information content (AvgIpc) is 2.19. The number of para-hydroxylation sites is 1. The van der Waals surface area contributed by atoms with Crippen LogP contribution in [0.4, 0.5) is 11.4 Å². The van der Waals surface area contributed by atoms with Gasteiger partial charge in [-0.25, -0.2) is 0 Å². The number of carboxylic acids is 1. The number of hydrogen-bond donors (Lipinski definition) is 2. The molecule has 0 radical (unpaired) electrons. The van der Waals surface area contributed by atoms with Gasteiger partial charge in [0.15, 0.2) is 0 Å². The Morgan fingerprint density at radius 2 is 2.18 bits per heavy atom. The third kappa shape index (κ3) is 3.55. The topological polar surface area (TPSA) is 75.8 Å². The summed E-state index contributed by atoms with van der Waals surface area (Å²) in [4.78, 5) is 12.2. The zero-order valence-electron chi connectivity index (χ0n) is 10.3. The van der Waals surface area contributed by atoms with Crippen molar-refractivity contribution < 1.29 is 14.6 Å². The summed E-state index contributed by atoms with van der Waals surface area (Å²) in [6.45, 7) is 3.72. The van der Waals surface area contributed by atoms with Crippen LogP contribution < -0.4 is 15.4 Å². The smallest absolute Gasteiger partial charge is 0.323 e. The fraction of sp³-hybridized carbons (Fsp3) is 0.417. The van der Waals surface area contributed by atoms with E-state index < -0.39 is 5.97 Å². The highest BCUT2D eigenvalue weighted by molar-refractivity contribution is 5.79. The first-order valence-electron chi connectivity index (χ1n) is 5.40. The summed E-state index contributed by atoms with van der Waals surface area (Å²) in [5.41, 5.74) is 7.07. The molecule has 0 saturated carbocycles. The Kier molecular flexibility index (Phi) is 4.20. The number of anilines is 2. The summed E-state index contributed by atoms with van der Waals surface area (Å²) >= 11 is 0. The van der Waals surface area contributed by atoms with Gasteiger partial charge in [0.25, 0.3) is 0 Å². The molecule has 0 aliphatic carbocycles. The maximum Gasteiger partial charge on any atom is 0.323 e. The van der Waals surface area contributed by atoms with Crippen molar-refractivity contribution in [2.24, 2.45) is 0 Å². The van der Waals surface area contributed by atoms with Gasteiger partial charge >= 0.3 is 5.97 Å². The van der Waals surface area contributed by atoms with Gasteiger partial charge in [0, 0.05) is 7.05 Å². The van der Waals surface area contributed by atoms with E-state index in [0.717, 1.165) is 0 Å². The first-order chi connectivity index (χ1) is 7.91. The van der Waals surface area contributed by atoms with Gasteiger partial charge in [-0.2, -0.15) is 0 Å². The van der Waals surface area contributed by atoms with E-state index in [1.54, 1.807) is 30.1 Å². The van der Waals surface area contributed by atoms with Crippen LogP contribution in [0.15, 0.2) is 18.2 Å². The second kappa shape index (κ2) is 5.43. The van der Waals surface area contributed by atoms with Crippen molar-refractivity contribution in [1.82, 2.24) is 0 Å². The summed E-state index contributed by atoms with van der Waals surface area (Å²) in [6.07, 6.45) is 0.0253. The minimum Gasteiger partial charge on any atom is -0.489 e. The standard InChI is InChI=1S/C12H18N2O3/c1-8(2)17-10-6-4-5-9(12(10)13)14(3)7-11(15)16/h4-6,8H,7,13H2,1-3H3,(H,15,16). The Balaban J connectivity index is 2.97. The van der Waals surface area contributed by atoms with E-state index in [0.29, 0.717) is 17.1 Å². The first-order valence-corrected chi connectivity index (χ1v) is 5.40. The summed E-state index contributed by atoms with van der Waals surface area (Å²) in [6, 6.07) is 5.33. The number of nitrogens with two attached hydrogens (primary N) is 1. The largest absolute Gasteiger partial charge is 0.489 e. The highest BCUT2D eigenvalue weighted by atomic mass is 16.5. The van der Waals surface area contributed by atoms with Gasteiger partial charge in [0.05, 0.1) is 17.5 Å². The lowest BCUT2D eigenvalue weighted by molar-refractivity contribution is -0.135. The molecule has 0 aliphatic heterocycles. The molecule has 3 N–H and O–H groups in total. The van der Waals surface area contributed by atoms with E-state index >= 15 is 0 Å². The van der Waals surface area contributed by atoms with Crippen molar-refractivity contribution in [3.05, 3.63) is 18.2 Å². The number of carbonyl (C=O) groups is 1. The predicted molar refractivity (Wildman–Crippen MR) is 67.5 cm³/mol. The lowest BCUT2D eigenvalue weighted by Crippen LogP contribution is -2.26. The molecule has 0 spiro atoms. The maximum absolute atomic E-state index is 10.6. The van der Waals surface area contributed by atoms with Gasteiger partial charge in [0.1, 0.15) is 12.3 Å². The third-order valence-electron chi connectivity index (χ3n) is 2.19. The molecule has 1 rings (SSSR count). The molecule has 0 aromatic heterocycles. The minimum absolute atomic E-state index is 0.0253. The highest BCUT2D eigenvalue weighted by Crippen LogP contribution is 2.32. The molecule has 94 valence electrons. The fourth-order valence-electron chi connectivity index (χ4n) is 1.51. The van der Waals surface area contributed by atoms with E-state index in [-0.39, 0.29) is 12.6 Å². The minimum atomic E-state index is -0.901. The Labute approximate surface area is 101 Å². The molecule has 0 saturated heterocycles. The van der Waals surface area contributed by atoms with Crippen molar-refractivity contribution in [3.8, 4) is 5.75 Å². The van der Waals surface area contributed by atoms with Gasteiger partial charge in [-0.3, -0.25) is 4.79 Å². The number of hydrogen-bond acceptors (Lipinski definition) is 4. The molecule has 0 atom stereocenters. The second-order valence-electron chi connectivity index (χ2n) is 4.11. The molecular formula is C12H18N2O3. The van der Waals surface area contributed by atoms with E-state index in [1.165, 1.54) is 0 Å². The second-order valence-corrected chi connectivity index (χ2v) is 4.11. The number of likely N-dealkylation sites (N-methyl/N-ethyl adjacent to an activating group) is 1. The molecular weight excluding hydrogens is 220 g/mol. The van der Waals surface area contributed by atoms with Crippen molar-refractivity contribution in [3.63, 3.8) is 0 Å². The van der Waals surface area contributed by atoms with Crippen LogP contribution in [0.1, 0.15) is 13.8 Å². The number of nitrogen functional groups attached to an aromatic ring is 1. The van der Waals surface area contributed by atoms with Crippen molar-refractivity contribution in [1.29, 1.82) is 0 Å². The first kappa shape index (κ1) is 13.2. The molecule has 17 heavy (non-hydrogen) atoms. The van der Waals surface area contributed by atoms with Crippen LogP contribution in [0.3, 0.4) is 0 Å². The molecule has 5 nitrogen and oxygen atoms in total. The molecule has 0 amide bonds. The molecule has 0 aliphatic rings. The molecule has 1 aromatic rings. The quantitative estimate of drug-likeness (QED) is 0.762. The van der Waals surface area contributed by atoms with Crippen LogP contribution in [-0.2, 0) is 4.79 Å². The summed E-state index contributed by atoms with van der Waals surface area (Å²) < 4.78 is 5.54. The summed E-state index contributed by atoms with van der Waals surface area (Å²) in [7, 11) is 1.68. The predicted octanol–water partition coefficient (Wildman–Crippen LogP) is 1.58. The van der Waals surface area contributed by atoms with Crippen molar-refractivity contribution in [2.75, 3.05) is 24.2 Å². The van der Waals surface area contributed by atoms with Crippen LogP contribution in [0.2, 0.25) is 0 Å². The lowest BCUT2D eigenvalue weighted by atomic mass is 10.2. The van der Waals surface area contributed by atoms with E-state index in [4.69, 9.17) is 15.6 Å². The van der Waals surface area contributed by atoms with E-state index in [9.17, 15) is 4.79 Å². The van der Waals surface area contributed by atoms with Crippen LogP contribution in [0, 0.1) is 0 Å². The summed E-state index contributed by atoms with van der Waals surface area (Å²) in [5, 5.41) is 8.74. The lowest BCUT2D eigenvalue weighted by Gasteiger charge is -2.21. The fourth-order valence-corrected chi connectivity index (χ4v) is 1.51. The summed E-state index contributed by atoms with van der Waals surface area (Å²) in [5.74, 6) is -0.322. The molecule has 5 heteroatoms. The van der Waals surface area contributed by atoms with Crippen LogP contribution >= 0.6 is 0 Å². The Bertz CT molecular complexity index is 405. The average molecular weight is 238 g/mol. The van der Waals surface area contributed by atoms with Gasteiger partial charge < -0.3 is 20.5 Å². The van der Waals surface area contributed by atoms with Gasteiger partial charge in [-0.05, 0) is 26.0 Å². The Morgan fingerprint density at radius 1 is 1.53 bits per heavy atom. The Morgan fingerprint density at radius 3 is 2.71 bits per heavy atom. The van der Waals surface area contributed by atoms with Crippen LogP contribution in [0.5, 0.6) is 5.75 Å². The number of carboxylic acid groups (broad SMARTS) is 1. The van der Waals surface area contributed by atoms with Crippen molar-refractivity contribution in [2.45, 2.75) is 20.0 Å². The molecule has 1 aromatic carbocycles. The van der Waals surface area contributed by atoms with Crippen LogP contribution in [0.25, 0.3) is 0 Å². The number of nitrogens with zero attached hydrogens (tertiary/aromatic N) is 1. The third-order valence-corrected chi connectivity index (χ3v) is 2.19. The van der Waals surface area contributed by atoms with Gasteiger partial charge in [0.2, 0.25) is 0 Å². The Hall–Kier alpha value is -1.91. The van der Waals surface area contributed by atoms with Gasteiger partial charge in [-0.1, -0.05) is 6.07 Å². The monoisotopic (exact) mass is 238 g/mol. The molecule has 0 fully saturated rings. The van der Waals surface area contributed by atoms with E-state index in [2.05, 4.69) is 0 Å². The molecule has 0 heterocycles. The van der Waals surface area contributed by atoms with Gasteiger partial charge in [-0.15, -0.1) is 0 Å².